The topological polar surface area (TPSA) is 40.6 Å². The van der Waals surface area contributed by atoms with Crippen LogP contribution in [0.5, 0.6) is 17.2 Å². The van der Waals surface area contributed by atoms with Crippen molar-refractivity contribution >= 4 is 10.8 Å². The lowest BCUT2D eigenvalue weighted by molar-refractivity contribution is 0.356. The maximum atomic E-state index is 5.46. The SMILES string of the molecule is COc1cc2ccnc(Cc3cc(C)c(OC)c(C)c3)c2cc1OC. The molecular weight excluding hydrogens is 314 g/mol. The van der Waals surface area contributed by atoms with Crippen molar-refractivity contribution < 1.29 is 14.2 Å². The van der Waals surface area contributed by atoms with Crippen molar-refractivity contribution in [2.75, 3.05) is 21.3 Å². The van der Waals surface area contributed by atoms with Gasteiger partial charge in [-0.25, -0.2) is 0 Å². The molecular formula is C21H23NO3. The summed E-state index contributed by atoms with van der Waals surface area (Å²) in [6, 6.07) is 10.3. The quantitative estimate of drug-likeness (QED) is 0.689. The zero-order valence-corrected chi connectivity index (χ0v) is 15.3. The van der Waals surface area contributed by atoms with Gasteiger partial charge in [0.2, 0.25) is 0 Å². The van der Waals surface area contributed by atoms with Gasteiger partial charge in [-0.05, 0) is 54.1 Å². The number of benzene rings is 2. The molecule has 0 aliphatic rings. The van der Waals surface area contributed by atoms with Crippen LogP contribution in [0.3, 0.4) is 0 Å². The first-order chi connectivity index (χ1) is 12.1. The van der Waals surface area contributed by atoms with E-state index in [0.717, 1.165) is 45.5 Å². The molecule has 0 aliphatic heterocycles. The van der Waals surface area contributed by atoms with Gasteiger partial charge >= 0.3 is 0 Å². The molecule has 0 bridgehead atoms. The highest BCUT2D eigenvalue weighted by Crippen LogP contribution is 2.34. The van der Waals surface area contributed by atoms with Crippen LogP contribution in [0, 0.1) is 13.8 Å². The third kappa shape index (κ3) is 3.25. The van der Waals surface area contributed by atoms with Crippen molar-refractivity contribution in [3.05, 3.63) is 58.9 Å². The highest BCUT2D eigenvalue weighted by atomic mass is 16.5. The van der Waals surface area contributed by atoms with Crippen molar-refractivity contribution in [2.45, 2.75) is 20.3 Å². The molecule has 130 valence electrons. The average molecular weight is 337 g/mol. The zero-order chi connectivity index (χ0) is 18.0. The van der Waals surface area contributed by atoms with Crippen molar-refractivity contribution in [3.63, 3.8) is 0 Å². The van der Waals surface area contributed by atoms with E-state index in [-0.39, 0.29) is 0 Å². The fraction of sp³-hybridized carbons (Fsp3) is 0.286. The Labute approximate surface area is 148 Å². The molecule has 0 radical (unpaired) electrons. The van der Waals surface area contributed by atoms with Crippen molar-refractivity contribution in [1.29, 1.82) is 0 Å². The number of pyridine rings is 1. The largest absolute Gasteiger partial charge is 0.496 e. The second-order valence-electron chi connectivity index (χ2n) is 6.13. The number of hydrogen-bond acceptors (Lipinski definition) is 4. The minimum absolute atomic E-state index is 0.714. The van der Waals surface area contributed by atoms with E-state index in [4.69, 9.17) is 14.2 Å². The van der Waals surface area contributed by atoms with Gasteiger partial charge in [-0.15, -0.1) is 0 Å². The molecule has 0 spiro atoms. The molecule has 4 heteroatoms. The summed E-state index contributed by atoms with van der Waals surface area (Å²) < 4.78 is 16.3. The standard InChI is InChI=1S/C21H23NO3/c1-13-8-15(9-14(2)21(13)25-5)10-18-17-12-20(24-4)19(23-3)11-16(17)6-7-22-18/h6-9,11-12H,10H2,1-5H3. The molecule has 0 amide bonds. The van der Waals surface area contributed by atoms with Crippen molar-refractivity contribution in [1.82, 2.24) is 4.98 Å². The molecule has 3 rings (SSSR count). The monoisotopic (exact) mass is 337 g/mol. The number of aromatic nitrogens is 1. The number of fused-ring (bicyclic) bond motifs is 1. The predicted molar refractivity (Wildman–Crippen MR) is 100 cm³/mol. The molecule has 3 aromatic rings. The number of rotatable bonds is 5. The fourth-order valence-electron chi connectivity index (χ4n) is 3.36. The number of nitrogens with zero attached hydrogens (tertiary/aromatic N) is 1. The lowest BCUT2D eigenvalue weighted by atomic mass is 9.99. The van der Waals surface area contributed by atoms with Crippen LogP contribution in [-0.4, -0.2) is 26.3 Å². The van der Waals surface area contributed by atoms with Gasteiger partial charge in [0.1, 0.15) is 5.75 Å². The smallest absolute Gasteiger partial charge is 0.161 e. The first kappa shape index (κ1) is 17.1. The second-order valence-corrected chi connectivity index (χ2v) is 6.13. The Morgan fingerprint density at radius 3 is 2.08 bits per heavy atom. The molecule has 1 heterocycles. The summed E-state index contributed by atoms with van der Waals surface area (Å²) in [5.41, 5.74) is 4.50. The van der Waals surface area contributed by atoms with Crippen molar-refractivity contribution in [3.8, 4) is 17.2 Å². The van der Waals surface area contributed by atoms with E-state index >= 15 is 0 Å². The molecule has 0 saturated carbocycles. The number of ether oxygens (including phenoxy) is 3. The van der Waals surface area contributed by atoms with E-state index in [9.17, 15) is 0 Å². The maximum absolute atomic E-state index is 5.46. The molecule has 0 atom stereocenters. The third-order valence-corrected chi connectivity index (χ3v) is 4.45. The average Bonchev–Trinajstić information content (AvgIpc) is 2.60. The van der Waals surface area contributed by atoms with Gasteiger partial charge in [-0.1, -0.05) is 12.1 Å². The summed E-state index contributed by atoms with van der Waals surface area (Å²) in [7, 11) is 5.01. The summed E-state index contributed by atoms with van der Waals surface area (Å²) in [4.78, 5) is 4.61. The Bertz CT molecular complexity index is 895. The van der Waals surface area contributed by atoms with E-state index in [1.165, 1.54) is 5.56 Å². The molecule has 0 aliphatic carbocycles. The van der Waals surface area contributed by atoms with Crippen LogP contribution in [0.2, 0.25) is 0 Å². The van der Waals surface area contributed by atoms with Gasteiger partial charge in [0.25, 0.3) is 0 Å². The Hall–Kier alpha value is -2.75. The molecule has 1 aromatic heterocycles. The van der Waals surface area contributed by atoms with E-state index < -0.39 is 0 Å². The van der Waals surface area contributed by atoms with Crippen LogP contribution in [0.4, 0.5) is 0 Å². The Morgan fingerprint density at radius 1 is 0.840 bits per heavy atom. The first-order valence-corrected chi connectivity index (χ1v) is 8.21. The van der Waals surface area contributed by atoms with Gasteiger partial charge < -0.3 is 14.2 Å². The number of hydrogen-bond donors (Lipinski definition) is 0. The van der Waals surface area contributed by atoms with E-state index in [1.807, 2.05) is 24.4 Å². The molecule has 0 N–H and O–H groups in total. The number of methoxy groups -OCH3 is 3. The van der Waals surface area contributed by atoms with Gasteiger partial charge in [-0.3, -0.25) is 4.98 Å². The van der Waals surface area contributed by atoms with E-state index in [0.29, 0.717) is 5.75 Å². The van der Waals surface area contributed by atoms with Crippen LogP contribution in [0.1, 0.15) is 22.4 Å². The Morgan fingerprint density at radius 2 is 1.48 bits per heavy atom. The summed E-state index contributed by atoms with van der Waals surface area (Å²) in [5.74, 6) is 2.38. The van der Waals surface area contributed by atoms with Crippen LogP contribution < -0.4 is 14.2 Å². The second kappa shape index (κ2) is 7.01. The zero-order valence-electron chi connectivity index (χ0n) is 15.3. The van der Waals surface area contributed by atoms with Crippen LogP contribution >= 0.6 is 0 Å². The summed E-state index contributed by atoms with van der Waals surface area (Å²) in [6.45, 7) is 4.14. The highest BCUT2D eigenvalue weighted by molar-refractivity contribution is 5.88. The van der Waals surface area contributed by atoms with Gasteiger partial charge in [0.05, 0.1) is 27.0 Å². The van der Waals surface area contributed by atoms with E-state index in [1.54, 1.807) is 21.3 Å². The van der Waals surface area contributed by atoms with Gasteiger partial charge in [0, 0.05) is 18.0 Å². The molecule has 0 saturated heterocycles. The summed E-state index contributed by atoms with van der Waals surface area (Å²) in [5, 5.41) is 2.16. The lowest BCUT2D eigenvalue weighted by Crippen LogP contribution is -1.98. The van der Waals surface area contributed by atoms with E-state index in [2.05, 4.69) is 31.0 Å². The van der Waals surface area contributed by atoms with Gasteiger partial charge in [0.15, 0.2) is 11.5 Å². The minimum Gasteiger partial charge on any atom is -0.496 e. The Balaban J connectivity index is 2.07. The predicted octanol–water partition coefficient (Wildman–Crippen LogP) is 4.47. The molecule has 0 unspecified atom stereocenters. The Kier molecular flexibility index (Phi) is 4.79. The highest BCUT2D eigenvalue weighted by Gasteiger charge is 2.12. The molecule has 4 nitrogen and oxygen atoms in total. The fourth-order valence-corrected chi connectivity index (χ4v) is 3.36. The number of aryl methyl sites for hydroxylation is 2. The normalized spacial score (nSPS) is 10.8. The van der Waals surface area contributed by atoms with Crippen LogP contribution in [-0.2, 0) is 6.42 Å². The minimum atomic E-state index is 0.714. The third-order valence-electron chi connectivity index (χ3n) is 4.45. The molecule has 25 heavy (non-hydrogen) atoms. The lowest BCUT2D eigenvalue weighted by Gasteiger charge is -2.13. The van der Waals surface area contributed by atoms with Crippen molar-refractivity contribution in [2.24, 2.45) is 0 Å². The van der Waals surface area contributed by atoms with Gasteiger partial charge in [-0.2, -0.15) is 0 Å². The summed E-state index contributed by atoms with van der Waals surface area (Å²) in [6.07, 6.45) is 2.59. The molecule has 2 aromatic carbocycles. The first-order valence-electron chi connectivity index (χ1n) is 8.21. The summed E-state index contributed by atoms with van der Waals surface area (Å²) >= 11 is 0. The van der Waals surface area contributed by atoms with Crippen LogP contribution in [0.15, 0.2) is 36.5 Å². The molecule has 0 fully saturated rings. The maximum Gasteiger partial charge on any atom is 0.161 e. The van der Waals surface area contributed by atoms with Crippen LogP contribution in [0.25, 0.3) is 10.8 Å².